The molecule has 0 aliphatic carbocycles. The lowest BCUT2D eigenvalue weighted by Crippen LogP contribution is -2.47. The van der Waals surface area contributed by atoms with Crippen molar-refractivity contribution in [3.8, 4) is 0 Å². The SMILES string of the molecule is OCC1CN(Cc2nnc(Cl)s2)C1. The molecule has 4 nitrogen and oxygen atoms in total. The number of nitrogens with zero attached hydrogens (tertiary/aromatic N) is 3. The van der Waals surface area contributed by atoms with Crippen LogP contribution in [0.5, 0.6) is 0 Å². The summed E-state index contributed by atoms with van der Waals surface area (Å²) in [5.74, 6) is 0.448. The maximum absolute atomic E-state index is 8.80. The summed E-state index contributed by atoms with van der Waals surface area (Å²) in [5.41, 5.74) is 0. The fraction of sp³-hybridized carbons (Fsp3) is 0.714. The molecule has 2 heterocycles. The standard InChI is InChI=1S/C7H10ClN3OS/c8-7-10-9-6(13-7)3-11-1-5(2-11)4-12/h5,12H,1-4H2. The van der Waals surface area contributed by atoms with Gasteiger partial charge in [-0.15, -0.1) is 10.2 Å². The van der Waals surface area contributed by atoms with E-state index < -0.39 is 0 Å². The summed E-state index contributed by atoms with van der Waals surface area (Å²) >= 11 is 7.06. The highest BCUT2D eigenvalue weighted by atomic mass is 35.5. The molecule has 0 atom stereocenters. The Morgan fingerprint density at radius 1 is 1.54 bits per heavy atom. The van der Waals surface area contributed by atoms with Gasteiger partial charge in [-0.1, -0.05) is 11.3 Å². The van der Waals surface area contributed by atoms with Crippen LogP contribution in [0.4, 0.5) is 0 Å². The molecule has 1 aliphatic rings. The van der Waals surface area contributed by atoms with Crippen molar-refractivity contribution < 1.29 is 5.11 Å². The lowest BCUT2D eigenvalue weighted by molar-refractivity contribution is 0.0477. The second kappa shape index (κ2) is 3.88. The van der Waals surface area contributed by atoms with Crippen LogP contribution in [0.2, 0.25) is 4.47 Å². The molecule has 0 radical (unpaired) electrons. The molecule has 1 aliphatic heterocycles. The molecule has 0 amide bonds. The number of halogens is 1. The summed E-state index contributed by atoms with van der Waals surface area (Å²) in [5, 5.41) is 17.4. The number of hydrogen-bond acceptors (Lipinski definition) is 5. The number of aliphatic hydroxyl groups is 1. The fourth-order valence-corrected chi connectivity index (χ4v) is 2.32. The monoisotopic (exact) mass is 219 g/mol. The first kappa shape index (κ1) is 9.33. The lowest BCUT2D eigenvalue weighted by Gasteiger charge is -2.37. The van der Waals surface area contributed by atoms with E-state index in [1.165, 1.54) is 11.3 Å². The number of aliphatic hydroxyl groups excluding tert-OH is 1. The van der Waals surface area contributed by atoms with Crippen LogP contribution in [0.15, 0.2) is 0 Å². The minimum atomic E-state index is 0.285. The van der Waals surface area contributed by atoms with Crippen molar-refractivity contribution in [2.75, 3.05) is 19.7 Å². The third-order valence-corrected chi connectivity index (χ3v) is 3.10. The van der Waals surface area contributed by atoms with Crippen molar-refractivity contribution >= 4 is 22.9 Å². The molecule has 1 aromatic rings. The normalized spacial score (nSPS) is 18.9. The number of rotatable bonds is 3. The Bertz CT molecular complexity index is 287. The largest absolute Gasteiger partial charge is 0.396 e. The van der Waals surface area contributed by atoms with Crippen LogP contribution in [0.25, 0.3) is 0 Å². The molecular formula is C7H10ClN3OS. The maximum Gasteiger partial charge on any atom is 0.207 e. The lowest BCUT2D eigenvalue weighted by atomic mass is 10.0. The van der Waals surface area contributed by atoms with E-state index in [0.717, 1.165) is 24.6 Å². The van der Waals surface area contributed by atoms with Gasteiger partial charge in [0.15, 0.2) is 0 Å². The topological polar surface area (TPSA) is 49.2 Å². The van der Waals surface area contributed by atoms with E-state index in [9.17, 15) is 0 Å². The van der Waals surface area contributed by atoms with Gasteiger partial charge in [-0.25, -0.2) is 0 Å². The molecule has 2 rings (SSSR count). The van der Waals surface area contributed by atoms with Gasteiger partial charge >= 0.3 is 0 Å². The van der Waals surface area contributed by atoms with Gasteiger partial charge in [-0.2, -0.15) is 0 Å². The van der Waals surface area contributed by atoms with E-state index in [2.05, 4.69) is 15.1 Å². The van der Waals surface area contributed by atoms with Crippen LogP contribution in [0.3, 0.4) is 0 Å². The molecular weight excluding hydrogens is 210 g/mol. The van der Waals surface area contributed by atoms with Crippen molar-refractivity contribution in [2.45, 2.75) is 6.54 Å². The van der Waals surface area contributed by atoms with Crippen molar-refractivity contribution in [1.29, 1.82) is 0 Å². The summed E-state index contributed by atoms with van der Waals surface area (Å²) in [7, 11) is 0. The van der Waals surface area contributed by atoms with Crippen molar-refractivity contribution in [3.63, 3.8) is 0 Å². The van der Waals surface area contributed by atoms with E-state index >= 15 is 0 Å². The second-order valence-electron chi connectivity index (χ2n) is 3.19. The quantitative estimate of drug-likeness (QED) is 0.810. The molecule has 1 N–H and O–H groups in total. The summed E-state index contributed by atoms with van der Waals surface area (Å²) in [6, 6.07) is 0. The Labute approximate surface area is 85.2 Å². The fourth-order valence-electron chi connectivity index (χ4n) is 1.41. The second-order valence-corrected chi connectivity index (χ2v) is 4.84. The summed E-state index contributed by atoms with van der Waals surface area (Å²) < 4.78 is 0.495. The minimum absolute atomic E-state index is 0.285. The average molecular weight is 220 g/mol. The minimum Gasteiger partial charge on any atom is -0.396 e. The first-order valence-electron chi connectivity index (χ1n) is 4.09. The Balaban J connectivity index is 1.81. The van der Waals surface area contributed by atoms with Gasteiger partial charge < -0.3 is 5.11 Å². The van der Waals surface area contributed by atoms with Crippen molar-refractivity contribution in [2.24, 2.45) is 5.92 Å². The predicted octanol–water partition coefficient (Wildman–Crippen LogP) is 0.616. The third-order valence-electron chi connectivity index (χ3n) is 2.09. The van der Waals surface area contributed by atoms with E-state index in [1.807, 2.05) is 0 Å². The van der Waals surface area contributed by atoms with Gasteiger partial charge in [0.05, 0.1) is 6.54 Å². The molecule has 0 saturated carbocycles. The molecule has 1 aromatic heterocycles. The van der Waals surface area contributed by atoms with Crippen LogP contribution in [-0.4, -0.2) is 39.9 Å². The van der Waals surface area contributed by atoms with Crippen LogP contribution in [0, 0.1) is 5.92 Å². The van der Waals surface area contributed by atoms with Gasteiger partial charge in [0.25, 0.3) is 0 Å². The molecule has 0 bridgehead atoms. The van der Waals surface area contributed by atoms with Crippen molar-refractivity contribution in [3.05, 3.63) is 9.47 Å². The van der Waals surface area contributed by atoms with Crippen LogP contribution < -0.4 is 0 Å². The smallest absolute Gasteiger partial charge is 0.207 e. The Morgan fingerprint density at radius 2 is 2.31 bits per heavy atom. The zero-order valence-corrected chi connectivity index (χ0v) is 8.55. The molecule has 0 aromatic carbocycles. The molecule has 0 spiro atoms. The van der Waals surface area contributed by atoms with Crippen molar-refractivity contribution in [1.82, 2.24) is 15.1 Å². The molecule has 0 unspecified atom stereocenters. The highest BCUT2D eigenvalue weighted by molar-refractivity contribution is 7.15. The molecule has 13 heavy (non-hydrogen) atoms. The molecule has 1 fully saturated rings. The van der Waals surface area contributed by atoms with E-state index in [0.29, 0.717) is 10.4 Å². The summed E-state index contributed by atoms with van der Waals surface area (Å²) in [4.78, 5) is 2.22. The van der Waals surface area contributed by atoms with Crippen LogP contribution in [-0.2, 0) is 6.54 Å². The van der Waals surface area contributed by atoms with Gasteiger partial charge in [0.1, 0.15) is 5.01 Å². The molecule has 72 valence electrons. The number of likely N-dealkylation sites (tertiary alicyclic amines) is 1. The highest BCUT2D eigenvalue weighted by Gasteiger charge is 2.26. The Kier molecular flexibility index (Phi) is 2.78. The zero-order chi connectivity index (χ0) is 9.26. The maximum atomic E-state index is 8.80. The molecule has 1 saturated heterocycles. The van der Waals surface area contributed by atoms with E-state index in [4.69, 9.17) is 16.7 Å². The molecule has 6 heteroatoms. The summed E-state index contributed by atoms with van der Waals surface area (Å²) in [6.07, 6.45) is 0. The Hall–Kier alpha value is -0.230. The van der Waals surface area contributed by atoms with Gasteiger partial charge in [-0.3, -0.25) is 4.90 Å². The number of hydrogen-bond donors (Lipinski definition) is 1. The predicted molar refractivity (Wildman–Crippen MR) is 50.8 cm³/mol. The first-order valence-corrected chi connectivity index (χ1v) is 5.28. The van der Waals surface area contributed by atoms with Crippen LogP contribution >= 0.6 is 22.9 Å². The first-order chi connectivity index (χ1) is 6.28. The zero-order valence-electron chi connectivity index (χ0n) is 6.98. The van der Waals surface area contributed by atoms with E-state index in [1.54, 1.807) is 0 Å². The third kappa shape index (κ3) is 2.17. The highest BCUT2D eigenvalue weighted by Crippen LogP contribution is 2.21. The summed E-state index contributed by atoms with van der Waals surface area (Å²) in [6.45, 7) is 3.00. The van der Waals surface area contributed by atoms with Gasteiger partial charge in [0.2, 0.25) is 4.47 Å². The van der Waals surface area contributed by atoms with Gasteiger partial charge in [-0.05, 0) is 11.6 Å². The average Bonchev–Trinajstić information content (AvgIpc) is 2.43. The van der Waals surface area contributed by atoms with Gasteiger partial charge in [0, 0.05) is 25.6 Å². The Morgan fingerprint density at radius 3 is 2.85 bits per heavy atom. The van der Waals surface area contributed by atoms with E-state index in [-0.39, 0.29) is 6.61 Å². The van der Waals surface area contributed by atoms with Crippen LogP contribution in [0.1, 0.15) is 5.01 Å². The number of aromatic nitrogens is 2.